The van der Waals surface area contributed by atoms with Crippen molar-refractivity contribution in [3.05, 3.63) is 83.9 Å². The standard InChI is InChI=1S/C25H26N2O5S2/c1-2-18-33(29,30)24-12-6-4-10-22(24)25(28)26-20-13-15-21(16-14-20)34(31,32)27-17-7-9-19-8-3-5-11-23(19)27/h3-6,8,10-16H,2,7,9,17-18H2,1H3,(H,26,28). The Kier molecular flexibility index (Phi) is 6.77. The number of anilines is 2. The summed E-state index contributed by atoms with van der Waals surface area (Å²) in [6.07, 6.45) is 2.02. The Morgan fingerprint density at radius 1 is 0.912 bits per heavy atom. The number of benzene rings is 3. The van der Waals surface area contributed by atoms with E-state index in [2.05, 4.69) is 5.32 Å². The molecule has 0 bridgehead atoms. The lowest BCUT2D eigenvalue weighted by atomic mass is 10.0. The third-order valence-electron chi connectivity index (χ3n) is 5.71. The van der Waals surface area contributed by atoms with Gasteiger partial charge in [0.2, 0.25) is 0 Å². The average molecular weight is 499 g/mol. The van der Waals surface area contributed by atoms with Crippen LogP contribution in [0.5, 0.6) is 0 Å². The Labute approximate surface area is 200 Å². The lowest BCUT2D eigenvalue weighted by Crippen LogP contribution is -2.35. The molecule has 0 saturated carbocycles. The van der Waals surface area contributed by atoms with Crippen LogP contribution in [0.2, 0.25) is 0 Å². The smallest absolute Gasteiger partial charge is 0.264 e. The Hall–Kier alpha value is -3.17. The molecule has 3 aromatic carbocycles. The molecule has 1 aliphatic heterocycles. The highest BCUT2D eigenvalue weighted by Crippen LogP contribution is 2.32. The number of fused-ring (bicyclic) bond motifs is 1. The molecule has 3 aromatic rings. The monoisotopic (exact) mass is 498 g/mol. The molecule has 0 unspecified atom stereocenters. The number of nitrogens with zero attached hydrogens (tertiary/aromatic N) is 1. The van der Waals surface area contributed by atoms with Crippen LogP contribution in [0.4, 0.5) is 11.4 Å². The number of carbonyl (C=O) groups excluding carboxylic acids is 1. The van der Waals surface area contributed by atoms with E-state index in [9.17, 15) is 21.6 Å². The van der Waals surface area contributed by atoms with Gasteiger partial charge < -0.3 is 5.32 Å². The van der Waals surface area contributed by atoms with Gasteiger partial charge >= 0.3 is 0 Å². The number of carbonyl (C=O) groups is 1. The fourth-order valence-electron chi connectivity index (χ4n) is 4.09. The number of rotatable bonds is 7. The van der Waals surface area contributed by atoms with Crippen LogP contribution < -0.4 is 9.62 Å². The third-order valence-corrected chi connectivity index (χ3v) is 9.51. The summed E-state index contributed by atoms with van der Waals surface area (Å²) in [6, 6.07) is 19.4. The zero-order chi connectivity index (χ0) is 24.3. The number of hydrogen-bond donors (Lipinski definition) is 1. The minimum atomic E-state index is -3.76. The van der Waals surface area contributed by atoms with Gasteiger partial charge in [0.25, 0.3) is 15.9 Å². The molecule has 0 aromatic heterocycles. The van der Waals surface area contributed by atoms with Crippen LogP contribution >= 0.6 is 0 Å². The normalized spacial score (nSPS) is 13.9. The fourth-order valence-corrected chi connectivity index (χ4v) is 7.17. The lowest BCUT2D eigenvalue weighted by molar-refractivity contribution is 0.102. The molecular weight excluding hydrogens is 472 g/mol. The van der Waals surface area contributed by atoms with Crippen LogP contribution in [0.3, 0.4) is 0 Å². The number of hydrogen-bond acceptors (Lipinski definition) is 5. The van der Waals surface area contributed by atoms with Crippen LogP contribution in [0.15, 0.2) is 82.6 Å². The van der Waals surface area contributed by atoms with Crippen LogP contribution in [0.1, 0.15) is 35.7 Å². The molecule has 0 saturated heterocycles. The van der Waals surface area contributed by atoms with Gasteiger partial charge in [-0.25, -0.2) is 16.8 Å². The van der Waals surface area contributed by atoms with Crippen LogP contribution in [0.25, 0.3) is 0 Å². The largest absolute Gasteiger partial charge is 0.322 e. The lowest BCUT2D eigenvalue weighted by Gasteiger charge is -2.30. The van der Waals surface area contributed by atoms with Crippen molar-refractivity contribution < 1.29 is 21.6 Å². The van der Waals surface area contributed by atoms with Gasteiger partial charge in [0.1, 0.15) is 0 Å². The summed E-state index contributed by atoms with van der Waals surface area (Å²) in [7, 11) is -7.35. The van der Waals surface area contributed by atoms with Crippen molar-refractivity contribution >= 4 is 37.1 Å². The summed E-state index contributed by atoms with van der Waals surface area (Å²) in [5.74, 6) is -0.625. The molecule has 34 heavy (non-hydrogen) atoms. The SMILES string of the molecule is CCCS(=O)(=O)c1ccccc1C(=O)Nc1ccc(S(=O)(=O)N2CCCc3ccccc32)cc1. The van der Waals surface area contributed by atoms with E-state index in [0.717, 1.165) is 18.4 Å². The second-order valence-electron chi connectivity index (χ2n) is 8.10. The number of para-hydroxylation sites is 1. The second-order valence-corrected chi connectivity index (χ2v) is 12.0. The van der Waals surface area contributed by atoms with E-state index in [4.69, 9.17) is 0 Å². The minimum Gasteiger partial charge on any atom is -0.322 e. The first-order valence-corrected chi connectivity index (χ1v) is 14.2. The number of amides is 1. The van der Waals surface area contributed by atoms with Gasteiger partial charge in [0.15, 0.2) is 9.84 Å². The molecule has 0 atom stereocenters. The Balaban J connectivity index is 1.57. The molecule has 1 amide bonds. The minimum absolute atomic E-state index is 0.0164. The highest BCUT2D eigenvalue weighted by molar-refractivity contribution is 7.93. The quantitative estimate of drug-likeness (QED) is 0.524. The van der Waals surface area contributed by atoms with Crippen molar-refractivity contribution in [1.82, 2.24) is 0 Å². The number of nitrogens with one attached hydrogen (secondary N) is 1. The predicted octanol–water partition coefficient (Wildman–Crippen LogP) is 4.26. The summed E-state index contributed by atoms with van der Waals surface area (Å²) >= 11 is 0. The van der Waals surface area contributed by atoms with Gasteiger partial charge in [0.05, 0.1) is 26.8 Å². The number of aryl methyl sites for hydroxylation is 1. The molecule has 1 N–H and O–H groups in total. The number of sulfonamides is 1. The summed E-state index contributed by atoms with van der Waals surface area (Å²) in [5, 5.41) is 2.67. The topological polar surface area (TPSA) is 101 Å². The summed E-state index contributed by atoms with van der Waals surface area (Å²) in [6.45, 7) is 2.17. The predicted molar refractivity (Wildman–Crippen MR) is 132 cm³/mol. The van der Waals surface area contributed by atoms with Crippen LogP contribution in [-0.2, 0) is 26.3 Å². The Morgan fingerprint density at radius 2 is 1.59 bits per heavy atom. The van der Waals surface area contributed by atoms with E-state index in [1.807, 2.05) is 24.3 Å². The van der Waals surface area contributed by atoms with Crippen molar-refractivity contribution in [2.75, 3.05) is 21.9 Å². The third kappa shape index (κ3) is 4.71. The van der Waals surface area contributed by atoms with Crippen molar-refractivity contribution in [1.29, 1.82) is 0 Å². The van der Waals surface area contributed by atoms with Gasteiger partial charge in [-0.3, -0.25) is 9.10 Å². The molecule has 9 heteroatoms. The second kappa shape index (κ2) is 9.60. The Morgan fingerprint density at radius 3 is 2.32 bits per heavy atom. The molecule has 0 fully saturated rings. The van der Waals surface area contributed by atoms with Crippen LogP contribution in [-0.4, -0.2) is 35.0 Å². The highest BCUT2D eigenvalue weighted by Gasteiger charge is 2.29. The highest BCUT2D eigenvalue weighted by atomic mass is 32.2. The molecule has 0 spiro atoms. The van der Waals surface area contributed by atoms with Gasteiger partial charge in [-0.2, -0.15) is 0 Å². The molecule has 7 nitrogen and oxygen atoms in total. The van der Waals surface area contributed by atoms with Crippen LogP contribution in [0, 0.1) is 0 Å². The molecule has 0 radical (unpaired) electrons. The van der Waals surface area contributed by atoms with E-state index >= 15 is 0 Å². The molecule has 4 rings (SSSR count). The molecule has 0 aliphatic carbocycles. The molecule has 1 aliphatic rings. The van der Waals surface area contributed by atoms with Crippen molar-refractivity contribution in [2.45, 2.75) is 36.0 Å². The maximum absolute atomic E-state index is 13.3. The molecular formula is C25H26N2O5S2. The zero-order valence-corrected chi connectivity index (χ0v) is 20.4. The molecule has 178 valence electrons. The zero-order valence-electron chi connectivity index (χ0n) is 18.8. The van der Waals surface area contributed by atoms with Gasteiger partial charge in [0, 0.05) is 12.2 Å². The van der Waals surface area contributed by atoms with E-state index in [0.29, 0.717) is 24.3 Å². The number of sulfone groups is 1. The van der Waals surface area contributed by atoms with Crippen molar-refractivity contribution in [2.24, 2.45) is 0 Å². The molecule has 1 heterocycles. The van der Waals surface area contributed by atoms with E-state index in [1.165, 1.54) is 40.7 Å². The first-order chi connectivity index (χ1) is 16.2. The maximum atomic E-state index is 13.3. The first-order valence-electron chi connectivity index (χ1n) is 11.1. The van der Waals surface area contributed by atoms with E-state index < -0.39 is 25.8 Å². The summed E-state index contributed by atoms with van der Waals surface area (Å²) in [4.78, 5) is 13.0. The van der Waals surface area contributed by atoms with Crippen molar-refractivity contribution in [3.8, 4) is 0 Å². The van der Waals surface area contributed by atoms with E-state index in [-0.39, 0.29) is 21.1 Å². The van der Waals surface area contributed by atoms with Gasteiger partial charge in [-0.15, -0.1) is 0 Å². The van der Waals surface area contributed by atoms with Crippen molar-refractivity contribution in [3.63, 3.8) is 0 Å². The average Bonchev–Trinajstić information content (AvgIpc) is 2.84. The van der Waals surface area contributed by atoms with E-state index in [1.54, 1.807) is 19.1 Å². The first kappa shape index (κ1) is 24.0. The maximum Gasteiger partial charge on any atom is 0.264 e. The van der Waals surface area contributed by atoms with Gasteiger partial charge in [-0.05, 0) is 67.3 Å². The Bertz CT molecular complexity index is 1420. The fraction of sp³-hybridized carbons (Fsp3) is 0.240. The summed E-state index contributed by atoms with van der Waals surface area (Å²) in [5.41, 5.74) is 2.11. The summed E-state index contributed by atoms with van der Waals surface area (Å²) < 4.78 is 53.1. The van der Waals surface area contributed by atoms with Gasteiger partial charge in [-0.1, -0.05) is 37.3 Å².